The molecule has 2 heterocycles. The number of hydrogen-bond donors (Lipinski definition) is 1. The fourth-order valence-corrected chi connectivity index (χ4v) is 3.44. The highest BCUT2D eigenvalue weighted by Gasteiger charge is 2.52. The molecule has 0 aliphatic carbocycles. The number of aromatic nitrogens is 1. The van der Waals surface area contributed by atoms with Gasteiger partial charge in [-0.2, -0.15) is 0 Å². The summed E-state index contributed by atoms with van der Waals surface area (Å²) >= 11 is 1.22. The van der Waals surface area contributed by atoms with E-state index in [1.54, 1.807) is 13.1 Å². The molecule has 0 unspecified atom stereocenters. The van der Waals surface area contributed by atoms with Crippen LogP contribution in [0.1, 0.15) is 40.2 Å². The standard InChI is InChI=1S/C20H24BNO4S/c1-13(23)27-12-15(21-25-19(2,3)20(4,5)26-21)10-14-6-7-17-16(11-14)18(24)8-9-22-17/h6-11H,12H2,1-5H3,(H,22,24). The number of pyridine rings is 1. The average molecular weight is 385 g/mol. The van der Waals surface area contributed by atoms with Crippen molar-refractivity contribution in [3.8, 4) is 0 Å². The summed E-state index contributed by atoms with van der Waals surface area (Å²) in [6.07, 6.45) is 3.59. The van der Waals surface area contributed by atoms with E-state index in [0.29, 0.717) is 11.1 Å². The molecule has 5 nitrogen and oxygen atoms in total. The summed E-state index contributed by atoms with van der Waals surface area (Å²) in [7, 11) is -0.536. The van der Waals surface area contributed by atoms with E-state index in [9.17, 15) is 9.59 Å². The van der Waals surface area contributed by atoms with Crippen molar-refractivity contribution >= 4 is 41.0 Å². The zero-order valence-corrected chi connectivity index (χ0v) is 17.1. The number of rotatable bonds is 4. The highest BCUT2D eigenvalue weighted by molar-refractivity contribution is 8.13. The van der Waals surface area contributed by atoms with Gasteiger partial charge >= 0.3 is 7.12 Å². The predicted molar refractivity (Wildman–Crippen MR) is 112 cm³/mol. The lowest BCUT2D eigenvalue weighted by molar-refractivity contribution is -0.109. The number of H-pyrrole nitrogens is 1. The van der Waals surface area contributed by atoms with Gasteiger partial charge in [-0.3, -0.25) is 9.59 Å². The normalized spacial score (nSPS) is 18.9. The van der Waals surface area contributed by atoms with Crippen molar-refractivity contribution < 1.29 is 14.1 Å². The molecule has 3 rings (SSSR count). The molecule has 2 aromatic rings. The van der Waals surface area contributed by atoms with Crippen LogP contribution in [0, 0.1) is 0 Å². The van der Waals surface area contributed by atoms with Crippen LogP contribution >= 0.6 is 11.8 Å². The molecule has 0 saturated carbocycles. The maximum Gasteiger partial charge on any atom is 0.491 e. The van der Waals surface area contributed by atoms with Crippen LogP contribution in [0.2, 0.25) is 0 Å². The third kappa shape index (κ3) is 4.20. The maximum absolute atomic E-state index is 12.1. The molecule has 1 aromatic carbocycles. The van der Waals surface area contributed by atoms with Crippen molar-refractivity contribution in [3.63, 3.8) is 0 Å². The van der Waals surface area contributed by atoms with E-state index in [1.165, 1.54) is 17.8 Å². The Bertz CT molecular complexity index is 948. The Kier molecular flexibility index (Phi) is 5.39. The zero-order chi connectivity index (χ0) is 19.8. The zero-order valence-electron chi connectivity index (χ0n) is 16.3. The first kappa shape index (κ1) is 19.9. The Hall–Kier alpha value is -1.83. The molecule has 0 atom stereocenters. The molecule has 1 aliphatic rings. The van der Waals surface area contributed by atoms with E-state index in [-0.39, 0.29) is 10.5 Å². The highest BCUT2D eigenvalue weighted by Crippen LogP contribution is 2.39. The number of carbonyl (C=O) groups is 1. The van der Waals surface area contributed by atoms with E-state index in [2.05, 4.69) is 4.98 Å². The smallest absolute Gasteiger partial charge is 0.400 e. The predicted octanol–water partition coefficient (Wildman–Crippen LogP) is 3.82. The molecule has 0 spiro atoms. The Morgan fingerprint density at radius 3 is 2.48 bits per heavy atom. The maximum atomic E-state index is 12.1. The van der Waals surface area contributed by atoms with Crippen LogP contribution in [0.25, 0.3) is 17.0 Å². The summed E-state index contributed by atoms with van der Waals surface area (Å²) in [4.78, 5) is 26.7. The number of hydrogen-bond acceptors (Lipinski definition) is 5. The average Bonchev–Trinajstić information content (AvgIpc) is 2.79. The van der Waals surface area contributed by atoms with Gasteiger partial charge < -0.3 is 14.3 Å². The van der Waals surface area contributed by atoms with Crippen LogP contribution in [0.3, 0.4) is 0 Å². The van der Waals surface area contributed by atoms with Gasteiger partial charge in [-0.05, 0) is 50.9 Å². The van der Waals surface area contributed by atoms with Gasteiger partial charge in [0.2, 0.25) is 0 Å². The quantitative estimate of drug-likeness (QED) is 0.811. The molecule has 1 N–H and O–H groups in total. The summed E-state index contributed by atoms with van der Waals surface area (Å²) in [6.45, 7) is 9.54. The van der Waals surface area contributed by atoms with Gasteiger partial charge in [0.25, 0.3) is 0 Å². The number of nitrogens with one attached hydrogen (secondary N) is 1. The molecular weight excluding hydrogens is 361 g/mol. The molecular formula is C20H24BNO4S. The summed E-state index contributed by atoms with van der Waals surface area (Å²) in [5, 5.41) is 0.658. The number of thioether (sulfide) groups is 1. The van der Waals surface area contributed by atoms with Crippen molar-refractivity contribution in [2.24, 2.45) is 0 Å². The minimum Gasteiger partial charge on any atom is -0.400 e. The molecule has 0 amide bonds. The Morgan fingerprint density at radius 1 is 1.19 bits per heavy atom. The molecule has 1 saturated heterocycles. The number of carbonyl (C=O) groups excluding carboxylic acids is 1. The Labute approximate surface area is 163 Å². The fourth-order valence-electron chi connectivity index (χ4n) is 2.85. The Balaban J connectivity index is 1.99. The van der Waals surface area contributed by atoms with Gasteiger partial charge in [0.05, 0.1) is 11.2 Å². The van der Waals surface area contributed by atoms with Gasteiger partial charge in [0.1, 0.15) is 0 Å². The molecule has 27 heavy (non-hydrogen) atoms. The van der Waals surface area contributed by atoms with E-state index in [1.807, 2.05) is 52.0 Å². The monoisotopic (exact) mass is 385 g/mol. The molecule has 0 bridgehead atoms. The van der Waals surface area contributed by atoms with Gasteiger partial charge in [-0.25, -0.2) is 0 Å². The number of aromatic amines is 1. The summed E-state index contributed by atoms with van der Waals surface area (Å²) in [6, 6.07) is 7.17. The van der Waals surface area contributed by atoms with Gasteiger partial charge in [0.15, 0.2) is 10.5 Å². The lowest BCUT2D eigenvalue weighted by Crippen LogP contribution is -2.41. The van der Waals surface area contributed by atoms with E-state index >= 15 is 0 Å². The highest BCUT2D eigenvalue weighted by atomic mass is 32.2. The van der Waals surface area contributed by atoms with Crippen molar-refractivity contribution in [2.45, 2.75) is 45.8 Å². The summed E-state index contributed by atoms with van der Waals surface area (Å²) in [5.41, 5.74) is 1.56. The van der Waals surface area contributed by atoms with Crippen LogP contribution < -0.4 is 5.43 Å². The summed E-state index contributed by atoms with van der Waals surface area (Å²) in [5.74, 6) is 0.468. The van der Waals surface area contributed by atoms with Gasteiger partial charge in [0, 0.05) is 35.8 Å². The second-order valence-electron chi connectivity index (χ2n) is 7.73. The van der Waals surface area contributed by atoms with Gasteiger partial charge in [-0.1, -0.05) is 23.9 Å². The Morgan fingerprint density at radius 2 is 1.85 bits per heavy atom. The lowest BCUT2D eigenvalue weighted by atomic mass is 9.78. The molecule has 1 aromatic heterocycles. The second kappa shape index (κ2) is 7.30. The second-order valence-corrected chi connectivity index (χ2v) is 8.89. The first-order chi connectivity index (χ1) is 12.6. The minimum atomic E-state index is -0.536. The van der Waals surface area contributed by atoms with Crippen molar-refractivity contribution in [1.29, 1.82) is 0 Å². The molecule has 1 aliphatic heterocycles. The van der Waals surface area contributed by atoms with Crippen LogP contribution in [0.4, 0.5) is 0 Å². The SMILES string of the molecule is CC(=O)SCC(=Cc1ccc2[nH]ccc(=O)c2c1)B1OC(C)(C)C(C)(C)O1. The molecule has 7 heteroatoms. The van der Waals surface area contributed by atoms with E-state index in [4.69, 9.17) is 9.31 Å². The van der Waals surface area contributed by atoms with Crippen LogP contribution in [-0.4, -0.2) is 34.2 Å². The third-order valence-electron chi connectivity index (χ3n) is 5.13. The van der Waals surface area contributed by atoms with Crippen molar-refractivity contribution in [2.75, 3.05) is 5.75 Å². The molecule has 0 radical (unpaired) electrons. The van der Waals surface area contributed by atoms with Crippen LogP contribution in [0.15, 0.2) is 40.7 Å². The first-order valence-corrected chi connectivity index (χ1v) is 9.88. The van der Waals surface area contributed by atoms with Crippen LogP contribution in [0.5, 0.6) is 0 Å². The minimum absolute atomic E-state index is 0.0331. The van der Waals surface area contributed by atoms with E-state index < -0.39 is 18.3 Å². The van der Waals surface area contributed by atoms with Crippen molar-refractivity contribution in [1.82, 2.24) is 4.98 Å². The third-order valence-corrected chi connectivity index (χ3v) is 6.02. The first-order valence-electron chi connectivity index (χ1n) is 8.90. The van der Waals surface area contributed by atoms with E-state index in [0.717, 1.165) is 16.6 Å². The molecule has 142 valence electrons. The molecule has 1 fully saturated rings. The lowest BCUT2D eigenvalue weighted by Gasteiger charge is -2.32. The number of fused-ring (bicyclic) bond motifs is 1. The van der Waals surface area contributed by atoms with Crippen molar-refractivity contribution in [3.05, 3.63) is 51.7 Å². The largest absolute Gasteiger partial charge is 0.491 e. The summed E-state index contributed by atoms with van der Waals surface area (Å²) < 4.78 is 12.3. The topological polar surface area (TPSA) is 68.4 Å². The van der Waals surface area contributed by atoms with Crippen LogP contribution in [-0.2, 0) is 14.1 Å². The van der Waals surface area contributed by atoms with Gasteiger partial charge in [-0.15, -0.1) is 0 Å². The number of benzene rings is 1. The fraction of sp³-hybridized carbons (Fsp3) is 0.400.